The highest BCUT2D eigenvalue weighted by atomic mass is 28.4. The fraction of sp³-hybridized carbons (Fsp3) is 0.826. The lowest BCUT2D eigenvalue weighted by molar-refractivity contribution is 0.0861. The molecule has 0 aromatic rings. The maximum atomic E-state index is 11.1. The molecule has 1 saturated heterocycles. The van der Waals surface area contributed by atoms with Gasteiger partial charge in [-0.25, -0.2) is 0 Å². The molecule has 0 aromatic heterocycles. The summed E-state index contributed by atoms with van der Waals surface area (Å²) in [7, 11) is -4.15. The standard InChI is InChI=1S/C23H44O5Si2/c1-12-13-23-19(25)16(14-24)17(15-26-29(8,9)21(2,3)4)18(20(23)27-23)28-30(10,11)22(5,6)7/h12,18-20,24-25H,1,13-15H2,2-11H3/t18-,19-,20-,23+/m1/s1. The van der Waals surface area contributed by atoms with E-state index in [0.29, 0.717) is 18.6 Å². The Bertz CT molecular complexity index is 687. The average Bonchev–Trinajstić information content (AvgIpc) is 3.30. The van der Waals surface area contributed by atoms with Gasteiger partial charge in [0.05, 0.1) is 19.3 Å². The highest BCUT2D eigenvalue weighted by molar-refractivity contribution is 6.74. The van der Waals surface area contributed by atoms with Crippen LogP contribution in [0.1, 0.15) is 48.0 Å². The van der Waals surface area contributed by atoms with Gasteiger partial charge in [0.15, 0.2) is 16.6 Å². The Morgan fingerprint density at radius 2 is 1.57 bits per heavy atom. The Balaban J connectivity index is 2.46. The smallest absolute Gasteiger partial charge is 0.193 e. The van der Waals surface area contributed by atoms with Crippen LogP contribution in [0.2, 0.25) is 36.3 Å². The summed E-state index contributed by atoms with van der Waals surface area (Å²) in [6.45, 7) is 26.1. The van der Waals surface area contributed by atoms with Crippen LogP contribution >= 0.6 is 0 Å². The normalized spacial score (nSPS) is 30.3. The molecule has 0 bridgehead atoms. The number of rotatable bonds is 8. The zero-order chi connectivity index (χ0) is 23.3. The number of hydrogen-bond acceptors (Lipinski definition) is 5. The lowest BCUT2D eigenvalue weighted by Crippen LogP contribution is -2.52. The van der Waals surface area contributed by atoms with Crippen LogP contribution in [0, 0.1) is 0 Å². The van der Waals surface area contributed by atoms with E-state index in [-0.39, 0.29) is 28.9 Å². The molecular weight excluding hydrogens is 412 g/mol. The number of hydrogen-bond donors (Lipinski definition) is 2. The summed E-state index contributed by atoms with van der Waals surface area (Å²) in [5, 5.41) is 21.4. The SMILES string of the molecule is C=CC[C@@]12O[C@@H]1[C@H](O[Si](C)(C)C(C)(C)C)C(CO[Si](C)(C)C(C)(C)C)=C(CO)[C@H]2O. The number of aliphatic hydroxyl groups excluding tert-OH is 2. The predicted octanol–water partition coefficient (Wildman–Crippen LogP) is 4.78. The molecule has 0 aromatic carbocycles. The van der Waals surface area contributed by atoms with Crippen molar-refractivity contribution in [3.63, 3.8) is 0 Å². The van der Waals surface area contributed by atoms with E-state index in [9.17, 15) is 10.2 Å². The van der Waals surface area contributed by atoms with Gasteiger partial charge in [0.2, 0.25) is 0 Å². The summed E-state index contributed by atoms with van der Waals surface area (Å²) < 4.78 is 19.5. The molecule has 0 radical (unpaired) electrons. The van der Waals surface area contributed by atoms with Crippen LogP contribution in [0.5, 0.6) is 0 Å². The van der Waals surface area contributed by atoms with Gasteiger partial charge in [-0.2, -0.15) is 0 Å². The fourth-order valence-corrected chi connectivity index (χ4v) is 5.75. The molecule has 1 aliphatic carbocycles. The van der Waals surface area contributed by atoms with Gasteiger partial charge in [0, 0.05) is 0 Å². The average molecular weight is 457 g/mol. The Kier molecular flexibility index (Phi) is 7.14. The van der Waals surface area contributed by atoms with E-state index in [1.54, 1.807) is 6.08 Å². The Morgan fingerprint density at radius 1 is 1.03 bits per heavy atom. The summed E-state index contributed by atoms with van der Waals surface area (Å²) in [6, 6.07) is 0. The topological polar surface area (TPSA) is 71.5 Å². The van der Waals surface area contributed by atoms with Crippen molar-refractivity contribution in [2.75, 3.05) is 13.2 Å². The molecule has 1 heterocycles. The lowest BCUT2D eigenvalue weighted by Gasteiger charge is -2.43. The Labute approximate surface area is 185 Å². The van der Waals surface area contributed by atoms with Crippen LogP contribution in [-0.4, -0.2) is 64.0 Å². The van der Waals surface area contributed by atoms with Gasteiger partial charge in [-0.3, -0.25) is 0 Å². The third kappa shape index (κ3) is 4.58. The third-order valence-corrected chi connectivity index (χ3v) is 16.8. The first kappa shape index (κ1) is 26.0. The Hall–Kier alpha value is -0.286. The molecule has 0 amide bonds. The molecule has 2 rings (SSSR count). The van der Waals surface area contributed by atoms with Crippen LogP contribution in [0.15, 0.2) is 23.8 Å². The molecule has 5 nitrogen and oxygen atoms in total. The second kappa shape index (κ2) is 8.25. The predicted molar refractivity (Wildman–Crippen MR) is 128 cm³/mol. The summed E-state index contributed by atoms with van der Waals surface area (Å²) in [5.74, 6) is 0. The minimum absolute atomic E-state index is 0.0316. The monoisotopic (exact) mass is 456 g/mol. The van der Waals surface area contributed by atoms with E-state index in [2.05, 4.69) is 74.3 Å². The van der Waals surface area contributed by atoms with Crippen LogP contribution in [0.25, 0.3) is 0 Å². The first-order valence-corrected chi connectivity index (χ1v) is 16.9. The van der Waals surface area contributed by atoms with E-state index in [0.717, 1.165) is 5.57 Å². The molecule has 174 valence electrons. The fourth-order valence-electron chi connectivity index (χ4n) is 3.54. The number of ether oxygens (including phenoxy) is 1. The minimum Gasteiger partial charge on any atom is -0.413 e. The van der Waals surface area contributed by atoms with Crippen molar-refractivity contribution >= 4 is 16.6 Å². The molecule has 1 fully saturated rings. The molecule has 30 heavy (non-hydrogen) atoms. The van der Waals surface area contributed by atoms with Gasteiger partial charge in [-0.15, -0.1) is 6.58 Å². The van der Waals surface area contributed by atoms with Crippen molar-refractivity contribution in [2.45, 2.75) is 108 Å². The van der Waals surface area contributed by atoms with Crippen molar-refractivity contribution < 1.29 is 23.8 Å². The van der Waals surface area contributed by atoms with E-state index < -0.39 is 28.3 Å². The number of fused-ring (bicyclic) bond motifs is 1. The first-order valence-electron chi connectivity index (χ1n) is 11.1. The number of epoxide rings is 1. The number of aliphatic hydroxyl groups is 2. The maximum Gasteiger partial charge on any atom is 0.193 e. The van der Waals surface area contributed by atoms with E-state index in [1.165, 1.54) is 0 Å². The zero-order valence-electron chi connectivity index (χ0n) is 20.8. The van der Waals surface area contributed by atoms with Crippen molar-refractivity contribution in [1.29, 1.82) is 0 Å². The molecule has 1 aliphatic heterocycles. The third-order valence-electron chi connectivity index (χ3n) is 7.85. The Morgan fingerprint density at radius 3 is 2.00 bits per heavy atom. The molecule has 4 atom stereocenters. The van der Waals surface area contributed by atoms with Crippen molar-refractivity contribution in [2.24, 2.45) is 0 Å². The second-order valence-corrected chi connectivity index (χ2v) is 21.5. The summed E-state index contributed by atoms with van der Waals surface area (Å²) >= 11 is 0. The minimum atomic E-state index is -2.13. The van der Waals surface area contributed by atoms with Crippen LogP contribution < -0.4 is 0 Å². The van der Waals surface area contributed by atoms with E-state index in [4.69, 9.17) is 13.6 Å². The molecule has 0 saturated carbocycles. The van der Waals surface area contributed by atoms with Crippen LogP contribution in [0.3, 0.4) is 0 Å². The zero-order valence-corrected chi connectivity index (χ0v) is 22.8. The van der Waals surface area contributed by atoms with Gasteiger partial charge >= 0.3 is 0 Å². The molecule has 2 N–H and O–H groups in total. The van der Waals surface area contributed by atoms with Crippen LogP contribution in [-0.2, 0) is 13.6 Å². The summed E-state index contributed by atoms with van der Waals surface area (Å²) in [6.07, 6.45) is 0.867. The molecule has 7 heteroatoms. The molecule has 2 aliphatic rings. The maximum absolute atomic E-state index is 11.1. The van der Waals surface area contributed by atoms with Crippen molar-refractivity contribution in [3.8, 4) is 0 Å². The van der Waals surface area contributed by atoms with Gasteiger partial charge in [0.1, 0.15) is 17.8 Å². The van der Waals surface area contributed by atoms with Crippen molar-refractivity contribution in [1.82, 2.24) is 0 Å². The summed E-state index contributed by atoms with van der Waals surface area (Å²) in [5.41, 5.74) is 0.711. The highest BCUT2D eigenvalue weighted by Gasteiger charge is 2.68. The first-order chi connectivity index (χ1) is 13.4. The molecule has 0 unspecified atom stereocenters. The van der Waals surface area contributed by atoms with Gasteiger partial charge < -0.3 is 23.8 Å². The van der Waals surface area contributed by atoms with E-state index in [1.807, 2.05) is 0 Å². The largest absolute Gasteiger partial charge is 0.413 e. The van der Waals surface area contributed by atoms with Crippen molar-refractivity contribution in [3.05, 3.63) is 23.8 Å². The van der Waals surface area contributed by atoms with Gasteiger partial charge in [0.25, 0.3) is 0 Å². The van der Waals surface area contributed by atoms with Gasteiger partial charge in [-0.05, 0) is 53.8 Å². The van der Waals surface area contributed by atoms with E-state index >= 15 is 0 Å². The van der Waals surface area contributed by atoms with Crippen LogP contribution in [0.4, 0.5) is 0 Å². The second-order valence-electron chi connectivity index (χ2n) is 11.9. The summed E-state index contributed by atoms with van der Waals surface area (Å²) in [4.78, 5) is 0. The highest BCUT2D eigenvalue weighted by Crippen LogP contribution is 2.55. The quantitative estimate of drug-likeness (QED) is 0.312. The molecule has 0 spiro atoms. The van der Waals surface area contributed by atoms with Gasteiger partial charge in [-0.1, -0.05) is 47.6 Å². The lowest BCUT2D eigenvalue weighted by atomic mass is 9.78. The molecular formula is C23H44O5Si2.